The van der Waals surface area contributed by atoms with Crippen LogP contribution in [0.25, 0.3) is 0 Å². The van der Waals surface area contributed by atoms with Gasteiger partial charge >= 0.3 is 0 Å². The Morgan fingerprint density at radius 3 is 2.71 bits per heavy atom. The van der Waals surface area contributed by atoms with Crippen molar-refractivity contribution in [2.75, 3.05) is 17.7 Å². The highest BCUT2D eigenvalue weighted by molar-refractivity contribution is 5.67. The van der Waals surface area contributed by atoms with Gasteiger partial charge in [-0.15, -0.1) is 0 Å². The number of ether oxygens (including phenoxy) is 1. The number of nitrogens with one attached hydrogen (secondary N) is 1. The van der Waals surface area contributed by atoms with Crippen molar-refractivity contribution in [1.82, 2.24) is 9.97 Å². The van der Waals surface area contributed by atoms with Gasteiger partial charge < -0.3 is 15.8 Å². The first-order valence-electron chi connectivity index (χ1n) is 5.35. The van der Waals surface area contributed by atoms with Crippen molar-refractivity contribution in [2.45, 2.75) is 6.92 Å². The molecule has 0 fully saturated rings. The second-order valence-corrected chi connectivity index (χ2v) is 3.41. The lowest BCUT2D eigenvalue weighted by Crippen LogP contribution is -1.99. The molecule has 2 aromatic rings. The van der Waals surface area contributed by atoms with E-state index in [4.69, 9.17) is 10.5 Å². The molecule has 1 aromatic heterocycles. The lowest BCUT2D eigenvalue weighted by atomic mass is 10.3. The van der Waals surface area contributed by atoms with E-state index in [0.717, 1.165) is 11.4 Å². The lowest BCUT2D eigenvalue weighted by molar-refractivity contribution is 0.340. The topological polar surface area (TPSA) is 73.1 Å². The molecule has 0 saturated heterocycles. The molecule has 1 heterocycles. The largest absolute Gasteiger partial charge is 0.494 e. The van der Waals surface area contributed by atoms with Crippen LogP contribution in [0.3, 0.4) is 0 Å². The van der Waals surface area contributed by atoms with Crippen LogP contribution in [0.1, 0.15) is 6.92 Å². The second kappa shape index (κ2) is 5.16. The van der Waals surface area contributed by atoms with E-state index < -0.39 is 0 Å². The fourth-order valence-electron chi connectivity index (χ4n) is 1.38. The Labute approximate surface area is 99.7 Å². The summed E-state index contributed by atoms with van der Waals surface area (Å²) < 4.78 is 5.36. The first-order valence-corrected chi connectivity index (χ1v) is 5.35. The molecule has 0 aliphatic heterocycles. The first kappa shape index (κ1) is 11.2. The summed E-state index contributed by atoms with van der Waals surface area (Å²) in [5.41, 5.74) is 7.15. The Morgan fingerprint density at radius 1 is 1.29 bits per heavy atom. The van der Waals surface area contributed by atoms with E-state index in [1.165, 1.54) is 6.33 Å². The normalized spacial score (nSPS) is 9.94. The van der Waals surface area contributed by atoms with Crippen LogP contribution in [0.4, 0.5) is 17.2 Å². The molecule has 0 saturated carbocycles. The highest BCUT2D eigenvalue weighted by Crippen LogP contribution is 2.21. The summed E-state index contributed by atoms with van der Waals surface area (Å²) in [4.78, 5) is 7.88. The Kier molecular flexibility index (Phi) is 3.40. The van der Waals surface area contributed by atoms with Crippen LogP contribution in [-0.2, 0) is 0 Å². The fourth-order valence-corrected chi connectivity index (χ4v) is 1.38. The van der Waals surface area contributed by atoms with Crippen molar-refractivity contribution in [2.24, 2.45) is 0 Å². The van der Waals surface area contributed by atoms with Gasteiger partial charge in [0.05, 0.1) is 18.5 Å². The zero-order chi connectivity index (χ0) is 12.1. The Balaban J connectivity index is 2.11. The monoisotopic (exact) mass is 230 g/mol. The maximum Gasteiger partial charge on any atom is 0.157 e. The van der Waals surface area contributed by atoms with Crippen molar-refractivity contribution in [3.8, 4) is 5.75 Å². The molecule has 0 aliphatic carbocycles. The second-order valence-electron chi connectivity index (χ2n) is 3.41. The molecule has 0 radical (unpaired) electrons. The maximum atomic E-state index is 5.73. The number of nitrogen functional groups attached to an aromatic ring is 1. The Morgan fingerprint density at radius 2 is 2.06 bits per heavy atom. The highest BCUT2D eigenvalue weighted by atomic mass is 16.5. The van der Waals surface area contributed by atoms with Crippen LogP contribution < -0.4 is 15.8 Å². The van der Waals surface area contributed by atoms with Crippen LogP contribution in [0.5, 0.6) is 5.75 Å². The van der Waals surface area contributed by atoms with Gasteiger partial charge in [-0.25, -0.2) is 9.97 Å². The minimum atomic E-state index is 0.515. The third kappa shape index (κ3) is 2.84. The van der Waals surface area contributed by atoms with Crippen LogP contribution in [0.15, 0.2) is 36.8 Å². The molecule has 5 nitrogen and oxygen atoms in total. The van der Waals surface area contributed by atoms with E-state index in [9.17, 15) is 0 Å². The van der Waals surface area contributed by atoms with E-state index >= 15 is 0 Å². The molecule has 0 aliphatic rings. The van der Waals surface area contributed by atoms with Gasteiger partial charge in [-0.1, -0.05) is 0 Å². The fraction of sp³-hybridized carbons (Fsp3) is 0.167. The molecular formula is C12H14N4O. The van der Waals surface area contributed by atoms with Crippen molar-refractivity contribution < 1.29 is 4.74 Å². The SMILES string of the molecule is CCOc1ccc(Nc2ncncc2N)cc1. The smallest absolute Gasteiger partial charge is 0.157 e. The van der Waals surface area contributed by atoms with Gasteiger partial charge in [0.25, 0.3) is 0 Å². The summed E-state index contributed by atoms with van der Waals surface area (Å²) in [7, 11) is 0. The van der Waals surface area contributed by atoms with Crippen molar-refractivity contribution in [1.29, 1.82) is 0 Å². The summed E-state index contributed by atoms with van der Waals surface area (Å²) in [6, 6.07) is 7.60. The number of hydrogen-bond donors (Lipinski definition) is 2. The van der Waals surface area contributed by atoms with E-state index in [1.807, 2.05) is 31.2 Å². The standard InChI is InChI=1S/C12H14N4O/c1-2-17-10-5-3-9(4-6-10)16-12-11(13)7-14-8-15-12/h3-8H,2,13H2,1H3,(H,14,15,16). The molecule has 0 atom stereocenters. The zero-order valence-corrected chi connectivity index (χ0v) is 9.55. The predicted octanol–water partition coefficient (Wildman–Crippen LogP) is 2.20. The molecule has 0 bridgehead atoms. The van der Waals surface area contributed by atoms with Crippen molar-refractivity contribution in [3.05, 3.63) is 36.8 Å². The van der Waals surface area contributed by atoms with Gasteiger partial charge in [0.2, 0.25) is 0 Å². The molecule has 0 amide bonds. The lowest BCUT2D eigenvalue weighted by Gasteiger charge is -2.08. The number of anilines is 3. The molecule has 88 valence electrons. The maximum absolute atomic E-state index is 5.73. The average Bonchev–Trinajstić information content (AvgIpc) is 2.35. The zero-order valence-electron chi connectivity index (χ0n) is 9.55. The molecule has 5 heteroatoms. The number of hydrogen-bond acceptors (Lipinski definition) is 5. The average molecular weight is 230 g/mol. The highest BCUT2D eigenvalue weighted by Gasteiger charge is 2.00. The molecule has 0 unspecified atom stereocenters. The first-order chi connectivity index (χ1) is 8.29. The number of nitrogens with zero attached hydrogens (tertiary/aromatic N) is 2. The molecular weight excluding hydrogens is 216 g/mol. The molecule has 0 spiro atoms. The number of aromatic nitrogens is 2. The van der Waals surface area contributed by atoms with E-state index in [2.05, 4.69) is 15.3 Å². The van der Waals surface area contributed by atoms with Gasteiger partial charge in [-0.3, -0.25) is 0 Å². The van der Waals surface area contributed by atoms with Gasteiger partial charge in [0.15, 0.2) is 5.82 Å². The summed E-state index contributed by atoms with van der Waals surface area (Å²) in [6.45, 7) is 2.61. The quantitative estimate of drug-likeness (QED) is 0.842. The number of nitrogens with two attached hydrogens (primary N) is 1. The van der Waals surface area contributed by atoms with Gasteiger partial charge in [-0.2, -0.15) is 0 Å². The predicted molar refractivity (Wildman–Crippen MR) is 67.3 cm³/mol. The number of rotatable bonds is 4. The Hall–Kier alpha value is -2.30. The van der Waals surface area contributed by atoms with Gasteiger partial charge in [-0.05, 0) is 31.2 Å². The van der Waals surface area contributed by atoms with E-state index in [-0.39, 0.29) is 0 Å². The minimum Gasteiger partial charge on any atom is -0.494 e. The van der Waals surface area contributed by atoms with Gasteiger partial charge in [0, 0.05) is 5.69 Å². The third-order valence-electron chi connectivity index (χ3n) is 2.17. The summed E-state index contributed by atoms with van der Waals surface area (Å²) in [5.74, 6) is 1.44. The van der Waals surface area contributed by atoms with Crippen LogP contribution >= 0.6 is 0 Å². The van der Waals surface area contributed by atoms with Crippen molar-refractivity contribution >= 4 is 17.2 Å². The van der Waals surface area contributed by atoms with Crippen LogP contribution in [0.2, 0.25) is 0 Å². The molecule has 17 heavy (non-hydrogen) atoms. The van der Waals surface area contributed by atoms with Crippen LogP contribution in [-0.4, -0.2) is 16.6 Å². The molecule has 1 aromatic carbocycles. The molecule has 2 rings (SSSR count). The van der Waals surface area contributed by atoms with Gasteiger partial charge in [0.1, 0.15) is 12.1 Å². The Bertz CT molecular complexity index is 484. The van der Waals surface area contributed by atoms with E-state index in [0.29, 0.717) is 18.1 Å². The summed E-state index contributed by atoms with van der Waals surface area (Å²) >= 11 is 0. The van der Waals surface area contributed by atoms with Crippen molar-refractivity contribution in [3.63, 3.8) is 0 Å². The summed E-state index contributed by atoms with van der Waals surface area (Å²) in [6.07, 6.45) is 3.01. The third-order valence-corrected chi connectivity index (χ3v) is 2.17. The minimum absolute atomic E-state index is 0.515. The van der Waals surface area contributed by atoms with Crippen LogP contribution in [0, 0.1) is 0 Å². The summed E-state index contributed by atoms with van der Waals surface area (Å²) in [5, 5.41) is 3.11. The number of benzene rings is 1. The van der Waals surface area contributed by atoms with E-state index in [1.54, 1.807) is 6.20 Å². The molecule has 3 N–H and O–H groups in total.